The van der Waals surface area contributed by atoms with Crippen molar-refractivity contribution in [3.63, 3.8) is 0 Å². The maximum atomic E-state index is 11.9. The van der Waals surface area contributed by atoms with Crippen LogP contribution in [0.3, 0.4) is 0 Å². The fourth-order valence-corrected chi connectivity index (χ4v) is 2.78. The van der Waals surface area contributed by atoms with Crippen molar-refractivity contribution in [3.8, 4) is 5.75 Å². The summed E-state index contributed by atoms with van der Waals surface area (Å²) in [5.74, 6) is 0.986. The molecule has 2 aliphatic rings. The fraction of sp³-hybridized carbons (Fsp3) is 0.533. The molecule has 1 aromatic carbocycles. The van der Waals surface area contributed by atoms with E-state index in [9.17, 15) is 9.90 Å². The summed E-state index contributed by atoms with van der Waals surface area (Å²) < 4.78 is 5.10. The van der Waals surface area contributed by atoms with E-state index in [0.717, 1.165) is 24.2 Å². The molecule has 3 rings (SSSR count). The van der Waals surface area contributed by atoms with Gasteiger partial charge in [0.25, 0.3) is 0 Å². The van der Waals surface area contributed by atoms with Crippen molar-refractivity contribution in [2.75, 3.05) is 13.7 Å². The van der Waals surface area contributed by atoms with Crippen LogP contribution < -0.4 is 4.74 Å². The van der Waals surface area contributed by atoms with Crippen LogP contribution in [-0.4, -0.2) is 35.6 Å². The number of ether oxygens (including phenoxy) is 1. The highest BCUT2D eigenvalue weighted by molar-refractivity contribution is 5.79. The van der Waals surface area contributed by atoms with Crippen LogP contribution in [0.25, 0.3) is 0 Å². The Morgan fingerprint density at radius 3 is 2.58 bits per heavy atom. The molecule has 0 aromatic heterocycles. The second-order valence-corrected chi connectivity index (χ2v) is 5.46. The Balaban J connectivity index is 1.69. The summed E-state index contributed by atoms with van der Waals surface area (Å²) in [6.07, 6.45) is 2.14. The first-order valence-electron chi connectivity index (χ1n) is 6.80. The number of amides is 1. The van der Waals surface area contributed by atoms with Crippen LogP contribution in [0, 0.1) is 5.92 Å². The summed E-state index contributed by atoms with van der Waals surface area (Å²) in [4.78, 5) is 13.8. The third-order valence-electron chi connectivity index (χ3n) is 4.08. The lowest BCUT2D eigenvalue weighted by Gasteiger charge is -2.19. The van der Waals surface area contributed by atoms with Crippen LogP contribution in [0.1, 0.15) is 30.9 Å². The average Bonchev–Trinajstić information content (AvgIpc) is 3.21. The Morgan fingerprint density at radius 1 is 1.32 bits per heavy atom. The Kier molecular flexibility index (Phi) is 3.19. The van der Waals surface area contributed by atoms with Crippen LogP contribution in [0.15, 0.2) is 24.3 Å². The zero-order valence-electron chi connectivity index (χ0n) is 11.1. The van der Waals surface area contributed by atoms with Gasteiger partial charge in [0, 0.05) is 24.9 Å². The first kappa shape index (κ1) is 12.5. The summed E-state index contributed by atoms with van der Waals surface area (Å²) in [5, 5.41) is 10.4. The fourth-order valence-electron chi connectivity index (χ4n) is 2.78. The zero-order chi connectivity index (χ0) is 13.4. The number of carbonyl (C=O) groups is 1. The largest absolute Gasteiger partial charge is 0.497 e. The van der Waals surface area contributed by atoms with Crippen molar-refractivity contribution >= 4 is 5.91 Å². The number of methoxy groups -OCH3 is 1. The standard InChI is InChI=1S/C15H19NO3/c1-19-13-6-2-10(3-7-13)15(18)11-8-14(17)16(9-11)12-4-5-12/h2-3,6-7,11-12,15,18H,4-5,8-9H2,1H3. The van der Waals surface area contributed by atoms with E-state index in [1.165, 1.54) is 0 Å². The molecule has 0 bridgehead atoms. The van der Waals surface area contributed by atoms with Gasteiger partial charge in [0.15, 0.2) is 0 Å². The van der Waals surface area contributed by atoms with Crippen LogP contribution in [-0.2, 0) is 4.79 Å². The highest BCUT2D eigenvalue weighted by atomic mass is 16.5. The normalized spacial score (nSPS) is 24.6. The first-order valence-corrected chi connectivity index (χ1v) is 6.80. The topological polar surface area (TPSA) is 49.8 Å². The van der Waals surface area contributed by atoms with Crippen LogP contribution in [0.4, 0.5) is 0 Å². The number of aliphatic hydroxyl groups is 1. The van der Waals surface area contributed by atoms with Gasteiger partial charge in [-0.15, -0.1) is 0 Å². The van der Waals surface area contributed by atoms with Gasteiger partial charge in [-0.2, -0.15) is 0 Å². The van der Waals surface area contributed by atoms with E-state index < -0.39 is 6.10 Å². The monoisotopic (exact) mass is 261 g/mol. The number of benzene rings is 1. The molecule has 0 spiro atoms. The number of hydrogen-bond acceptors (Lipinski definition) is 3. The predicted molar refractivity (Wildman–Crippen MR) is 70.8 cm³/mol. The molecular weight excluding hydrogens is 242 g/mol. The van der Waals surface area contributed by atoms with Crippen LogP contribution in [0.2, 0.25) is 0 Å². The molecule has 19 heavy (non-hydrogen) atoms. The molecule has 1 saturated carbocycles. The van der Waals surface area contributed by atoms with E-state index in [4.69, 9.17) is 4.74 Å². The number of aliphatic hydroxyl groups excluding tert-OH is 1. The minimum absolute atomic E-state index is 0.0153. The maximum Gasteiger partial charge on any atom is 0.223 e. The third kappa shape index (κ3) is 2.45. The molecule has 1 amide bonds. The highest BCUT2D eigenvalue weighted by Crippen LogP contribution is 2.37. The number of carbonyl (C=O) groups excluding carboxylic acids is 1. The zero-order valence-corrected chi connectivity index (χ0v) is 11.1. The van der Waals surface area contributed by atoms with Crippen molar-refractivity contribution in [2.24, 2.45) is 5.92 Å². The quantitative estimate of drug-likeness (QED) is 0.898. The molecule has 4 heteroatoms. The average molecular weight is 261 g/mol. The number of hydrogen-bond donors (Lipinski definition) is 1. The molecule has 1 aliphatic carbocycles. The Hall–Kier alpha value is -1.55. The van der Waals surface area contributed by atoms with Crippen LogP contribution in [0.5, 0.6) is 5.75 Å². The van der Waals surface area contributed by atoms with E-state index in [0.29, 0.717) is 19.0 Å². The van der Waals surface area contributed by atoms with Gasteiger partial charge in [-0.1, -0.05) is 12.1 Å². The Labute approximate surface area is 113 Å². The SMILES string of the molecule is COc1ccc(C(O)C2CC(=O)N(C3CC3)C2)cc1. The Bertz CT molecular complexity index is 467. The molecular formula is C15H19NO3. The molecule has 1 N–H and O–H groups in total. The second kappa shape index (κ2) is 4.85. The molecule has 0 radical (unpaired) electrons. The van der Waals surface area contributed by atoms with Crippen molar-refractivity contribution < 1.29 is 14.6 Å². The molecule has 2 atom stereocenters. The summed E-state index contributed by atoms with van der Waals surface area (Å²) in [7, 11) is 1.62. The summed E-state index contributed by atoms with van der Waals surface area (Å²) >= 11 is 0. The molecule has 1 saturated heterocycles. The summed E-state index contributed by atoms with van der Waals surface area (Å²) in [6, 6.07) is 7.87. The lowest BCUT2D eigenvalue weighted by molar-refractivity contribution is -0.128. The predicted octanol–water partition coefficient (Wildman–Crippen LogP) is 1.74. The minimum Gasteiger partial charge on any atom is -0.497 e. The minimum atomic E-state index is -0.571. The van der Waals surface area contributed by atoms with E-state index in [1.54, 1.807) is 7.11 Å². The molecule has 4 nitrogen and oxygen atoms in total. The van der Waals surface area contributed by atoms with Gasteiger partial charge in [-0.25, -0.2) is 0 Å². The van der Waals surface area contributed by atoms with Gasteiger partial charge in [0.05, 0.1) is 13.2 Å². The highest BCUT2D eigenvalue weighted by Gasteiger charge is 2.41. The van der Waals surface area contributed by atoms with Gasteiger partial charge >= 0.3 is 0 Å². The van der Waals surface area contributed by atoms with E-state index in [1.807, 2.05) is 29.2 Å². The molecule has 2 unspecified atom stereocenters. The number of nitrogens with zero attached hydrogens (tertiary/aromatic N) is 1. The van der Waals surface area contributed by atoms with Gasteiger partial charge < -0.3 is 14.7 Å². The van der Waals surface area contributed by atoms with Crippen molar-refractivity contribution in [1.29, 1.82) is 0 Å². The van der Waals surface area contributed by atoms with Crippen molar-refractivity contribution in [2.45, 2.75) is 31.4 Å². The molecule has 2 fully saturated rings. The lowest BCUT2D eigenvalue weighted by atomic mass is 9.95. The maximum absolute atomic E-state index is 11.9. The summed E-state index contributed by atoms with van der Waals surface area (Å²) in [6.45, 7) is 0.691. The van der Waals surface area contributed by atoms with Gasteiger partial charge in [-0.3, -0.25) is 4.79 Å². The van der Waals surface area contributed by atoms with E-state index in [2.05, 4.69) is 0 Å². The second-order valence-electron chi connectivity index (χ2n) is 5.46. The van der Waals surface area contributed by atoms with Gasteiger partial charge in [0.1, 0.15) is 5.75 Å². The lowest BCUT2D eigenvalue weighted by Crippen LogP contribution is -2.28. The number of likely N-dealkylation sites (tertiary alicyclic amines) is 1. The summed E-state index contributed by atoms with van der Waals surface area (Å²) in [5.41, 5.74) is 0.858. The van der Waals surface area contributed by atoms with Crippen molar-refractivity contribution in [3.05, 3.63) is 29.8 Å². The smallest absolute Gasteiger partial charge is 0.223 e. The van der Waals surface area contributed by atoms with Crippen molar-refractivity contribution in [1.82, 2.24) is 4.90 Å². The number of rotatable bonds is 4. The molecule has 1 aliphatic heterocycles. The van der Waals surface area contributed by atoms with E-state index in [-0.39, 0.29) is 11.8 Å². The molecule has 1 aromatic rings. The first-order chi connectivity index (χ1) is 9.19. The molecule has 102 valence electrons. The molecule has 1 heterocycles. The van der Waals surface area contributed by atoms with Crippen LogP contribution >= 0.6 is 0 Å². The van der Waals surface area contributed by atoms with Gasteiger partial charge in [-0.05, 0) is 30.5 Å². The Morgan fingerprint density at radius 2 is 2.00 bits per heavy atom. The third-order valence-corrected chi connectivity index (χ3v) is 4.08. The van der Waals surface area contributed by atoms with E-state index >= 15 is 0 Å². The van der Waals surface area contributed by atoms with Gasteiger partial charge in [0.2, 0.25) is 5.91 Å².